The molecule has 1 aromatic rings. The van der Waals surface area contributed by atoms with Crippen LogP contribution in [0.1, 0.15) is 44.6 Å². The van der Waals surface area contributed by atoms with E-state index in [1.165, 1.54) is 25.3 Å². The van der Waals surface area contributed by atoms with Crippen molar-refractivity contribution >= 4 is 17.6 Å². The first kappa shape index (κ1) is 19.6. The number of esters is 1. The van der Waals surface area contributed by atoms with Gasteiger partial charge >= 0.3 is 5.97 Å². The Bertz CT molecular complexity index is 574. The van der Waals surface area contributed by atoms with Crippen LogP contribution >= 0.6 is 0 Å². The fourth-order valence-electron chi connectivity index (χ4n) is 2.38. The fourth-order valence-corrected chi connectivity index (χ4v) is 2.38. The number of ether oxygens (including phenoxy) is 1. The number of amides is 1. The first-order chi connectivity index (χ1) is 11.5. The molecule has 0 aromatic heterocycles. The molecule has 7 nitrogen and oxygen atoms in total. The van der Waals surface area contributed by atoms with Gasteiger partial charge < -0.3 is 10.1 Å². The van der Waals surface area contributed by atoms with Gasteiger partial charge in [-0.15, -0.1) is 0 Å². The molecule has 24 heavy (non-hydrogen) atoms. The number of carbonyl (C=O) groups is 2. The first-order valence-corrected chi connectivity index (χ1v) is 8.08. The Morgan fingerprint density at radius 1 is 1.29 bits per heavy atom. The van der Waals surface area contributed by atoms with Crippen LogP contribution in [0.5, 0.6) is 0 Å². The van der Waals surface area contributed by atoms with Crippen LogP contribution in [0.4, 0.5) is 5.69 Å². The van der Waals surface area contributed by atoms with E-state index in [1.807, 2.05) is 0 Å². The van der Waals surface area contributed by atoms with Gasteiger partial charge in [0.2, 0.25) is 5.91 Å². The number of benzene rings is 1. The van der Waals surface area contributed by atoms with Crippen LogP contribution in [0.3, 0.4) is 0 Å². The predicted molar refractivity (Wildman–Crippen MR) is 89.5 cm³/mol. The highest BCUT2D eigenvalue weighted by Crippen LogP contribution is 2.14. The largest absolute Gasteiger partial charge is 0.467 e. The zero-order valence-electron chi connectivity index (χ0n) is 14.1. The van der Waals surface area contributed by atoms with Crippen molar-refractivity contribution in [3.8, 4) is 0 Å². The lowest BCUT2D eigenvalue weighted by Gasteiger charge is -2.16. The van der Waals surface area contributed by atoms with Crippen molar-refractivity contribution in [1.82, 2.24) is 5.32 Å². The topological polar surface area (TPSA) is 98.5 Å². The number of nitro groups is 1. The van der Waals surface area contributed by atoms with E-state index in [1.54, 1.807) is 6.07 Å². The highest BCUT2D eigenvalue weighted by molar-refractivity contribution is 5.85. The molecule has 0 radical (unpaired) electrons. The molecule has 1 rings (SSSR count). The highest BCUT2D eigenvalue weighted by Gasteiger charge is 2.21. The van der Waals surface area contributed by atoms with E-state index >= 15 is 0 Å². The van der Waals surface area contributed by atoms with Crippen molar-refractivity contribution in [2.45, 2.75) is 51.5 Å². The van der Waals surface area contributed by atoms with Gasteiger partial charge in [0.15, 0.2) is 0 Å². The van der Waals surface area contributed by atoms with E-state index in [9.17, 15) is 19.7 Å². The van der Waals surface area contributed by atoms with Crippen LogP contribution < -0.4 is 5.32 Å². The Labute approximate surface area is 141 Å². The van der Waals surface area contributed by atoms with E-state index in [2.05, 4.69) is 12.2 Å². The number of nitro benzene ring substituents is 1. The number of rotatable bonds is 10. The van der Waals surface area contributed by atoms with E-state index in [0.717, 1.165) is 25.7 Å². The summed E-state index contributed by atoms with van der Waals surface area (Å²) in [4.78, 5) is 34.2. The van der Waals surface area contributed by atoms with Crippen molar-refractivity contribution in [2.75, 3.05) is 7.11 Å². The van der Waals surface area contributed by atoms with Crippen LogP contribution in [0.2, 0.25) is 0 Å². The molecule has 7 heteroatoms. The van der Waals surface area contributed by atoms with Crippen molar-refractivity contribution in [2.24, 2.45) is 0 Å². The molecule has 1 amide bonds. The number of carbonyl (C=O) groups excluding carboxylic acids is 2. The second-order valence-electron chi connectivity index (χ2n) is 5.60. The number of hydrogen-bond acceptors (Lipinski definition) is 5. The first-order valence-electron chi connectivity index (χ1n) is 8.08. The maximum Gasteiger partial charge on any atom is 0.328 e. The lowest BCUT2D eigenvalue weighted by atomic mass is 10.1. The molecule has 132 valence electrons. The normalized spacial score (nSPS) is 11.6. The molecule has 1 N–H and O–H groups in total. The van der Waals surface area contributed by atoms with Gasteiger partial charge in [0.25, 0.3) is 5.69 Å². The maximum atomic E-state index is 12.1. The van der Waals surface area contributed by atoms with Gasteiger partial charge in [0.1, 0.15) is 6.04 Å². The second-order valence-corrected chi connectivity index (χ2v) is 5.60. The number of non-ortho nitro benzene ring substituents is 1. The summed E-state index contributed by atoms with van der Waals surface area (Å²) in [6.45, 7) is 2.10. The van der Waals surface area contributed by atoms with Gasteiger partial charge in [-0.1, -0.05) is 44.7 Å². The number of nitrogens with zero attached hydrogens (tertiary/aromatic N) is 1. The standard InChI is InChI=1S/C17H24N2O5/c1-3-4-5-6-10-15(17(21)24-2)18-16(20)12-13-8-7-9-14(11-13)19(22)23/h7-9,11,15H,3-6,10,12H2,1-2H3,(H,18,20)/t15-/m0/s1. The fraction of sp³-hybridized carbons (Fsp3) is 0.529. The van der Waals surface area contributed by atoms with Gasteiger partial charge in [-0.3, -0.25) is 14.9 Å². The third kappa shape index (κ3) is 6.76. The van der Waals surface area contributed by atoms with Gasteiger partial charge in [-0.2, -0.15) is 0 Å². The molecule has 0 aliphatic carbocycles. The van der Waals surface area contributed by atoms with Crippen LogP contribution in [0.15, 0.2) is 24.3 Å². The maximum absolute atomic E-state index is 12.1. The quantitative estimate of drug-likeness (QED) is 0.306. The molecule has 0 spiro atoms. The molecule has 0 saturated carbocycles. The Morgan fingerprint density at radius 3 is 2.67 bits per heavy atom. The molecule has 1 aromatic carbocycles. The summed E-state index contributed by atoms with van der Waals surface area (Å²) >= 11 is 0. The van der Waals surface area contributed by atoms with Crippen LogP contribution in [0, 0.1) is 10.1 Å². The van der Waals surface area contributed by atoms with Gasteiger partial charge in [0, 0.05) is 12.1 Å². The van der Waals surface area contributed by atoms with Gasteiger partial charge in [-0.25, -0.2) is 4.79 Å². The van der Waals surface area contributed by atoms with Gasteiger partial charge in [0.05, 0.1) is 18.5 Å². The molecule has 0 unspecified atom stereocenters. The van der Waals surface area contributed by atoms with Crippen molar-refractivity contribution < 1.29 is 19.2 Å². The van der Waals surface area contributed by atoms with E-state index < -0.39 is 16.9 Å². The van der Waals surface area contributed by atoms with Gasteiger partial charge in [-0.05, 0) is 12.0 Å². The molecule has 0 heterocycles. The minimum absolute atomic E-state index is 0.0237. The zero-order valence-corrected chi connectivity index (χ0v) is 14.1. The SMILES string of the molecule is CCCCCC[C@H](NC(=O)Cc1cccc([N+](=O)[O-])c1)C(=O)OC. The highest BCUT2D eigenvalue weighted by atomic mass is 16.6. The van der Waals surface area contributed by atoms with E-state index in [-0.39, 0.29) is 18.0 Å². The number of nitrogens with one attached hydrogen (secondary N) is 1. The van der Waals surface area contributed by atoms with E-state index in [0.29, 0.717) is 12.0 Å². The van der Waals surface area contributed by atoms with Crippen LogP contribution in [-0.2, 0) is 20.7 Å². The smallest absolute Gasteiger partial charge is 0.328 e. The molecule has 0 saturated heterocycles. The summed E-state index contributed by atoms with van der Waals surface area (Å²) in [7, 11) is 1.29. The van der Waals surface area contributed by atoms with Crippen molar-refractivity contribution in [3.05, 3.63) is 39.9 Å². The average Bonchev–Trinajstić information content (AvgIpc) is 2.57. The molecule has 0 bridgehead atoms. The third-order valence-electron chi connectivity index (χ3n) is 3.65. The molecular formula is C17H24N2O5. The Hall–Kier alpha value is -2.44. The summed E-state index contributed by atoms with van der Waals surface area (Å²) in [6.07, 6.45) is 4.48. The number of methoxy groups -OCH3 is 1. The summed E-state index contributed by atoms with van der Waals surface area (Å²) in [5.41, 5.74) is 0.459. The number of hydrogen-bond donors (Lipinski definition) is 1. The number of unbranched alkanes of at least 4 members (excludes halogenated alkanes) is 3. The monoisotopic (exact) mass is 336 g/mol. The van der Waals surface area contributed by atoms with Crippen molar-refractivity contribution in [1.29, 1.82) is 0 Å². The molecule has 1 atom stereocenters. The van der Waals surface area contributed by atoms with Crippen LogP contribution in [0.25, 0.3) is 0 Å². The summed E-state index contributed by atoms with van der Waals surface area (Å²) in [6, 6.07) is 5.21. The van der Waals surface area contributed by atoms with E-state index in [4.69, 9.17) is 4.74 Å². The average molecular weight is 336 g/mol. The Balaban J connectivity index is 2.62. The van der Waals surface area contributed by atoms with Crippen LogP contribution in [-0.4, -0.2) is 30.0 Å². The molecule has 0 aliphatic heterocycles. The third-order valence-corrected chi connectivity index (χ3v) is 3.65. The minimum Gasteiger partial charge on any atom is -0.467 e. The predicted octanol–water partition coefficient (Wildman–Crippen LogP) is 2.77. The zero-order chi connectivity index (χ0) is 17.9. The molecule has 0 aliphatic rings. The second kappa shape index (κ2) is 10.4. The molecule has 0 fully saturated rings. The summed E-state index contributed by atoms with van der Waals surface area (Å²) < 4.78 is 4.73. The lowest BCUT2D eigenvalue weighted by molar-refractivity contribution is -0.384. The summed E-state index contributed by atoms with van der Waals surface area (Å²) in [5, 5.41) is 13.4. The van der Waals surface area contributed by atoms with Crippen molar-refractivity contribution in [3.63, 3.8) is 0 Å². The Morgan fingerprint density at radius 2 is 2.04 bits per heavy atom. The lowest BCUT2D eigenvalue weighted by Crippen LogP contribution is -2.42. The molecular weight excluding hydrogens is 312 g/mol. The Kier molecular flexibility index (Phi) is 8.46. The minimum atomic E-state index is -0.682. The summed E-state index contributed by atoms with van der Waals surface area (Å²) in [5.74, 6) is -0.833.